The number of anilines is 1. The summed E-state index contributed by atoms with van der Waals surface area (Å²) in [5.41, 5.74) is 2.77. The number of hydrogen-bond donors (Lipinski definition) is 0. The van der Waals surface area contributed by atoms with Gasteiger partial charge >= 0.3 is 7.12 Å². The van der Waals surface area contributed by atoms with Gasteiger partial charge in [-0.1, -0.05) is 42.5 Å². The second-order valence-corrected chi connectivity index (χ2v) is 8.14. The number of rotatable bonds is 7. The smallest absolute Gasteiger partial charge is 0.399 e. The van der Waals surface area contributed by atoms with Crippen molar-refractivity contribution in [3.63, 3.8) is 0 Å². The van der Waals surface area contributed by atoms with Gasteiger partial charge in [-0.3, -0.25) is 0 Å². The van der Waals surface area contributed by atoms with Crippen LogP contribution < -0.4 is 10.4 Å². The highest BCUT2D eigenvalue weighted by molar-refractivity contribution is 6.62. The molecule has 1 saturated heterocycles. The molecule has 0 N–H and O–H groups in total. The van der Waals surface area contributed by atoms with Crippen molar-refractivity contribution in [3.05, 3.63) is 60.2 Å². The summed E-state index contributed by atoms with van der Waals surface area (Å²) in [4.78, 5) is 2.19. The molecule has 144 valence electrons. The van der Waals surface area contributed by atoms with Crippen LogP contribution in [-0.2, 0) is 20.7 Å². The van der Waals surface area contributed by atoms with E-state index in [0.29, 0.717) is 13.2 Å². The Morgan fingerprint density at radius 2 is 1.48 bits per heavy atom. The van der Waals surface area contributed by atoms with Crippen molar-refractivity contribution in [2.75, 3.05) is 25.1 Å². The van der Waals surface area contributed by atoms with Gasteiger partial charge in [-0.25, -0.2) is 0 Å². The fourth-order valence-electron chi connectivity index (χ4n) is 2.96. The molecule has 1 fully saturated rings. The number of likely N-dealkylation sites (N-methyl/N-ethyl adjacent to an activating group) is 1. The lowest BCUT2D eigenvalue weighted by molar-refractivity contribution is 0.00578. The van der Waals surface area contributed by atoms with Gasteiger partial charge in [0.15, 0.2) is 0 Å². The molecule has 5 heteroatoms. The average molecular weight is 367 g/mol. The minimum atomic E-state index is -0.316. The van der Waals surface area contributed by atoms with E-state index in [1.54, 1.807) is 0 Å². The van der Waals surface area contributed by atoms with Crippen molar-refractivity contribution in [2.24, 2.45) is 0 Å². The molecule has 0 spiro atoms. The first kappa shape index (κ1) is 19.9. The number of hydrogen-bond acceptors (Lipinski definition) is 4. The highest BCUT2D eigenvalue weighted by Crippen LogP contribution is 2.36. The van der Waals surface area contributed by atoms with Gasteiger partial charge in [0, 0.05) is 19.3 Å². The van der Waals surface area contributed by atoms with E-state index >= 15 is 0 Å². The number of benzene rings is 2. The molecule has 4 nitrogen and oxygen atoms in total. The summed E-state index contributed by atoms with van der Waals surface area (Å²) >= 11 is 0. The summed E-state index contributed by atoms with van der Waals surface area (Å²) < 4.78 is 18.0. The zero-order chi connectivity index (χ0) is 19.5. The van der Waals surface area contributed by atoms with E-state index in [2.05, 4.69) is 76.0 Å². The van der Waals surface area contributed by atoms with Crippen molar-refractivity contribution in [2.45, 2.75) is 45.5 Å². The molecule has 0 amide bonds. The molecule has 2 aromatic rings. The molecule has 1 aliphatic rings. The first-order valence-corrected chi connectivity index (χ1v) is 9.57. The van der Waals surface area contributed by atoms with Gasteiger partial charge < -0.3 is 18.9 Å². The maximum absolute atomic E-state index is 6.12. The van der Waals surface area contributed by atoms with Crippen molar-refractivity contribution in [1.82, 2.24) is 0 Å². The molecule has 3 rings (SSSR count). The fraction of sp³-hybridized carbons (Fsp3) is 0.455. The molecule has 0 aliphatic carbocycles. The molecule has 0 bridgehead atoms. The zero-order valence-electron chi connectivity index (χ0n) is 17.1. The average Bonchev–Trinajstić information content (AvgIpc) is 2.87. The molecule has 0 radical (unpaired) electrons. The Morgan fingerprint density at radius 1 is 0.889 bits per heavy atom. The molecule has 0 unspecified atom stereocenters. The van der Waals surface area contributed by atoms with Crippen LogP contribution in [0.2, 0.25) is 0 Å². The maximum atomic E-state index is 6.12. The van der Waals surface area contributed by atoms with Crippen molar-refractivity contribution in [3.8, 4) is 0 Å². The van der Waals surface area contributed by atoms with E-state index < -0.39 is 0 Å². The quantitative estimate of drug-likeness (QED) is 0.552. The molecule has 2 aromatic carbocycles. The maximum Gasteiger partial charge on any atom is 0.494 e. The van der Waals surface area contributed by atoms with E-state index in [1.807, 2.05) is 18.2 Å². The standard InChI is InChI=1S/C22H30BNO3/c1-21(2)22(3,4)27-23(26-21)19-11-13-20(14-12-19)24(5)15-16-25-17-18-9-7-6-8-10-18/h6-14H,15-17H2,1-5H3. The first-order chi connectivity index (χ1) is 12.8. The monoisotopic (exact) mass is 367 g/mol. The predicted molar refractivity (Wildman–Crippen MR) is 112 cm³/mol. The van der Waals surface area contributed by atoms with Gasteiger partial charge in [0.05, 0.1) is 24.4 Å². The van der Waals surface area contributed by atoms with Crippen LogP contribution in [-0.4, -0.2) is 38.5 Å². The van der Waals surface area contributed by atoms with Gasteiger partial charge in [0.25, 0.3) is 0 Å². The summed E-state index contributed by atoms with van der Waals surface area (Å²) in [7, 11) is 1.76. The van der Waals surface area contributed by atoms with Gasteiger partial charge in [-0.2, -0.15) is 0 Å². The van der Waals surface area contributed by atoms with E-state index in [1.165, 1.54) is 5.56 Å². The second-order valence-electron chi connectivity index (χ2n) is 8.14. The third-order valence-corrected chi connectivity index (χ3v) is 5.54. The normalized spacial score (nSPS) is 17.9. The third kappa shape index (κ3) is 4.73. The molecule has 1 aliphatic heterocycles. The minimum Gasteiger partial charge on any atom is -0.399 e. The molecule has 0 atom stereocenters. The summed E-state index contributed by atoms with van der Waals surface area (Å²) in [6.07, 6.45) is 0. The topological polar surface area (TPSA) is 30.9 Å². The Kier molecular flexibility index (Phi) is 5.94. The Morgan fingerprint density at radius 3 is 2.07 bits per heavy atom. The minimum absolute atomic E-state index is 0.316. The molecule has 1 heterocycles. The van der Waals surface area contributed by atoms with Gasteiger partial charge in [0.1, 0.15) is 0 Å². The van der Waals surface area contributed by atoms with Gasteiger partial charge in [0.2, 0.25) is 0 Å². The molecule has 27 heavy (non-hydrogen) atoms. The number of ether oxygens (including phenoxy) is 1. The lowest BCUT2D eigenvalue weighted by Crippen LogP contribution is -2.41. The van der Waals surface area contributed by atoms with Gasteiger partial charge in [-0.05, 0) is 50.9 Å². The van der Waals surface area contributed by atoms with Crippen LogP contribution in [0.5, 0.6) is 0 Å². The third-order valence-electron chi connectivity index (χ3n) is 5.54. The Bertz CT molecular complexity index is 715. The molecule has 0 saturated carbocycles. The lowest BCUT2D eigenvalue weighted by Gasteiger charge is -2.32. The van der Waals surface area contributed by atoms with Crippen LogP contribution in [0.25, 0.3) is 0 Å². The largest absolute Gasteiger partial charge is 0.494 e. The van der Waals surface area contributed by atoms with Crippen LogP contribution in [0, 0.1) is 0 Å². The SMILES string of the molecule is CN(CCOCc1ccccc1)c1ccc(B2OC(C)(C)C(C)(C)O2)cc1. The van der Waals surface area contributed by atoms with E-state index in [9.17, 15) is 0 Å². The summed E-state index contributed by atoms with van der Waals surface area (Å²) in [6.45, 7) is 10.5. The fourth-order valence-corrected chi connectivity index (χ4v) is 2.96. The highest BCUT2D eigenvalue weighted by Gasteiger charge is 2.51. The van der Waals surface area contributed by atoms with Crippen LogP contribution in [0.4, 0.5) is 5.69 Å². The van der Waals surface area contributed by atoms with Crippen LogP contribution >= 0.6 is 0 Å². The van der Waals surface area contributed by atoms with Crippen LogP contribution in [0.1, 0.15) is 33.3 Å². The van der Waals surface area contributed by atoms with Crippen molar-refractivity contribution < 1.29 is 14.0 Å². The van der Waals surface area contributed by atoms with E-state index in [4.69, 9.17) is 14.0 Å². The number of nitrogens with zero attached hydrogens (tertiary/aromatic N) is 1. The summed E-state index contributed by atoms with van der Waals surface area (Å²) in [5.74, 6) is 0. The molecule has 0 aromatic heterocycles. The summed E-state index contributed by atoms with van der Waals surface area (Å²) in [6, 6.07) is 18.6. The van der Waals surface area contributed by atoms with Crippen LogP contribution in [0.15, 0.2) is 54.6 Å². The lowest BCUT2D eigenvalue weighted by atomic mass is 9.79. The highest BCUT2D eigenvalue weighted by atomic mass is 16.7. The Hall–Kier alpha value is -1.82. The van der Waals surface area contributed by atoms with Gasteiger partial charge in [-0.15, -0.1) is 0 Å². The van der Waals surface area contributed by atoms with Crippen molar-refractivity contribution in [1.29, 1.82) is 0 Å². The molecular weight excluding hydrogens is 337 g/mol. The Balaban J connectivity index is 1.50. The van der Waals surface area contributed by atoms with E-state index in [0.717, 1.165) is 17.7 Å². The predicted octanol–water partition coefficient (Wildman–Crippen LogP) is 3.64. The molecular formula is C22H30BNO3. The zero-order valence-corrected chi connectivity index (χ0v) is 17.1. The van der Waals surface area contributed by atoms with Crippen molar-refractivity contribution >= 4 is 18.3 Å². The summed E-state index contributed by atoms with van der Waals surface area (Å²) in [5, 5.41) is 0. The Labute approximate surface area is 163 Å². The second kappa shape index (κ2) is 8.05. The first-order valence-electron chi connectivity index (χ1n) is 9.57. The van der Waals surface area contributed by atoms with Crippen LogP contribution in [0.3, 0.4) is 0 Å². The van der Waals surface area contributed by atoms with E-state index in [-0.39, 0.29) is 18.3 Å².